The number of carbonyl (C=O) groups excluding carboxylic acids is 2. The normalized spacial score (nSPS) is 12.2. The zero-order valence-electron chi connectivity index (χ0n) is 19.9. The van der Waals surface area contributed by atoms with E-state index in [-0.39, 0.29) is 12.3 Å². The van der Waals surface area contributed by atoms with E-state index in [1.54, 1.807) is 44.7 Å². The van der Waals surface area contributed by atoms with Gasteiger partial charge in [-0.1, -0.05) is 36.4 Å². The zero-order valence-corrected chi connectivity index (χ0v) is 20.8. The number of carbonyl (C=O) groups is 3. The van der Waals surface area contributed by atoms with Crippen LogP contribution in [0.4, 0.5) is 0 Å². The van der Waals surface area contributed by atoms with Gasteiger partial charge in [0.2, 0.25) is 0 Å². The molecule has 1 amide bonds. The Bertz CT molecular complexity index is 996. The van der Waals surface area contributed by atoms with Gasteiger partial charge in [0.15, 0.2) is 0 Å². The van der Waals surface area contributed by atoms with Crippen molar-refractivity contribution in [2.24, 2.45) is 0 Å². The molecule has 0 saturated heterocycles. The Labute approximate surface area is 200 Å². The molecule has 0 aromatic heterocycles. The molecule has 2 aromatic rings. The Balaban J connectivity index is 2.41. The van der Waals surface area contributed by atoms with Crippen LogP contribution in [0, 0.1) is 6.92 Å². The van der Waals surface area contributed by atoms with Crippen LogP contribution in [0.3, 0.4) is 0 Å². The van der Waals surface area contributed by atoms with Crippen LogP contribution in [0.15, 0.2) is 42.5 Å². The number of esters is 1. The SMILES string of the molecule is CSCCC(NC(=O)c1ccc(CCC(=O)O)cc1-c1ccccc1C)C(=O)OC(C)(C)C. The van der Waals surface area contributed by atoms with Crippen molar-refractivity contribution in [3.8, 4) is 11.1 Å². The van der Waals surface area contributed by atoms with Gasteiger partial charge in [0.1, 0.15) is 11.6 Å². The molecule has 0 aliphatic rings. The van der Waals surface area contributed by atoms with Crippen LogP contribution >= 0.6 is 11.8 Å². The van der Waals surface area contributed by atoms with Crippen LogP contribution in [-0.4, -0.2) is 46.6 Å². The molecule has 2 rings (SSSR count). The van der Waals surface area contributed by atoms with Crippen LogP contribution in [0.25, 0.3) is 11.1 Å². The second-order valence-corrected chi connectivity index (χ2v) is 9.92. The van der Waals surface area contributed by atoms with Crippen molar-refractivity contribution in [2.45, 2.75) is 58.6 Å². The summed E-state index contributed by atoms with van der Waals surface area (Å²) in [6.45, 7) is 7.35. The molecule has 0 spiro atoms. The highest BCUT2D eigenvalue weighted by molar-refractivity contribution is 7.98. The van der Waals surface area contributed by atoms with E-state index in [1.807, 2.05) is 43.5 Å². The number of nitrogens with one attached hydrogen (secondary N) is 1. The quantitative estimate of drug-likeness (QED) is 0.480. The van der Waals surface area contributed by atoms with E-state index in [0.29, 0.717) is 29.7 Å². The Morgan fingerprint density at radius 3 is 2.39 bits per heavy atom. The van der Waals surface area contributed by atoms with Gasteiger partial charge >= 0.3 is 11.9 Å². The van der Waals surface area contributed by atoms with Crippen molar-refractivity contribution in [1.82, 2.24) is 5.32 Å². The lowest BCUT2D eigenvalue weighted by Crippen LogP contribution is -2.44. The Kier molecular flexibility index (Phi) is 9.53. The maximum atomic E-state index is 13.4. The highest BCUT2D eigenvalue weighted by Gasteiger charge is 2.27. The summed E-state index contributed by atoms with van der Waals surface area (Å²) in [5.41, 5.74) is 3.20. The van der Waals surface area contributed by atoms with Gasteiger partial charge in [0.25, 0.3) is 5.91 Å². The number of aryl methyl sites for hydroxylation is 2. The monoisotopic (exact) mass is 471 g/mol. The molecule has 1 atom stereocenters. The van der Waals surface area contributed by atoms with Gasteiger partial charge in [0, 0.05) is 12.0 Å². The highest BCUT2D eigenvalue weighted by Crippen LogP contribution is 2.29. The van der Waals surface area contributed by atoms with Gasteiger partial charge in [-0.15, -0.1) is 0 Å². The first-order chi connectivity index (χ1) is 15.5. The molecule has 2 N–H and O–H groups in total. The van der Waals surface area contributed by atoms with E-state index < -0.39 is 23.6 Å². The fourth-order valence-electron chi connectivity index (χ4n) is 3.39. The van der Waals surface area contributed by atoms with Gasteiger partial charge in [-0.25, -0.2) is 4.79 Å². The number of hydrogen-bond acceptors (Lipinski definition) is 5. The lowest BCUT2D eigenvalue weighted by Gasteiger charge is -2.25. The molecular weight excluding hydrogens is 438 g/mol. The summed E-state index contributed by atoms with van der Waals surface area (Å²) in [5.74, 6) is -0.998. The lowest BCUT2D eigenvalue weighted by atomic mass is 9.92. The zero-order chi connectivity index (χ0) is 24.6. The predicted molar refractivity (Wildman–Crippen MR) is 133 cm³/mol. The predicted octanol–water partition coefficient (Wildman–Crippen LogP) is 4.87. The molecule has 2 aromatic carbocycles. The van der Waals surface area contributed by atoms with E-state index in [2.05, 4.69) is 5.32 Å². The minimum atomic E-state index is -0.872. The molecule has 0 bridgehead atoms. The summed E-state index contributed by atoms with van der Waals surface area (Å²) in [5, 5.41) is 11.9. The van der Waals surface area contributed by atoms with Gasteiger partial charge in [-0.3, -0.25) is 9.59 Å². The molecule has 33 heavy (non-hydrogen) atoms. The third-order valence-electron chi connectivity index (χ3n) is 5.00. The third-order valence-corrected chi connectivity index (χ3v) is 5.64. The molecule has 178 valence electrons. The van der Waals surface area contributed by atoms with E-state index >= 15 is 0 Å². The summed E-state index contributed by atoms with van der Waals surface area (Å²) in [4.78, 5) is 37.1. The fourth-order valence-corrected chi connectivity index (χ4v) is 3.86. The second kappa shape index (κ2) is 11.9. The summed E-state index contributed by atoms with van der Waals surface area (Å²) in [6, 6.07) is 12.3. The molecule has 0 aliphatic heterocycles. The molecule has 0 aliphatic carbocycles. The highest BCUT2D eigenvalue weighted by atomic mass is 32.2. The lowest BCUT2D eigenvalue weighted by molar-refractivity contribution is -0.157. The van der Waals surface area contributed by atoms with Gasteiger partial charge in [0.05, 0.1) is 0 Å². The first-order valence-corrected chi connectivity index (χ1v) is 12.3. The maximum Gasteiger partial charge on any atom is 0.329 e. The van der Waals surface area contributed by atoms with Crippen molar-refractivity contribution in [2.75, 3.05) is 12.0 Å². The van der Waals surface area contributed by atoms with Crippen LogP contribution in [0.5, 0.6) is 0 Å². The van der Waals surface area contributed by atoms with Gasteiger partial charge in [-0.05, 0) is 80.9 Å². The minimum Gasteiger partial charge on any atom is -0.481 e. The van der Waals surface area contributed by atoms with Crippen molar-refractivity contribution in [1.29, 1.82) is 0 Å². The van der Waals surface area contributed by atoms with Crippen LogP contribution in [-0.2, 0) is 20.7 Å². The molecule has 0 saturated carbocycles. The average Bonchev–Trinajstić information content (AvgIpc) is 2.74. The van der Waals surface area contributed by atoms with Crippen molar-refractivity contribution >= 4 is 29.6 Å². The Morgan fingerprint density at radius 1 is 1.09 bits per heavy atom. The van der Waals surface area contributed by atoms with E-state index in [9.17, 15) is 14.4 Å². The summed E-state index contributed by atoms with van der Waals surface area (Å²) >= 11 is 1.59. The summed E-state index contributed by atoms with van der Waals surface area (Å²) in [7, 11) is 0. The topological polar surface area (TPSA) is 92.7 Å². The molecule has 1 unspecified atom stereocenters. The number of carboxylic acids is 1. The number of aliphatic carboxylic acids is 1. The molecule has 6 nitrogen and oxygen atoms in total. The van der Waals surface area contributed by atoms with E-state index in [1.165, 1.54) is 0 Å². The van der Waals surface area contributed by atoms with Crippen LogP contribution in [0.2, 0.25) is 0 Å². The average molecular weight is 472 g/mol. The first kappa shape index (κ1) is 26.5. The van der Waals surface area contributed by atoms with Crippen LogP contribution < -0.4 is 5.32 Å². The van der Waals surface area contributed by atoms with Gasteiger partial charge < -0.3 is 15.2 Å². The Morgan fingerprint density at radius 2 is 1.79 bits per heavy atom. The van der Waals surface area contributed by atoms with Crippen LogP contribution in [0.1, 0.15) is 55.1 Å². The number of rotatable bonds is 10. The third kappa shape index (κ3) is 8.24. The van der Waals surface area contributed by atoms with E-state index in [4.69, 9.17) is 9.84 Å². The molecule has 0 fully saturated rings. The number of thioether (sulfide) groups is 1. The molecule has 0 heterocycles. The second-order valence-electron chi connectivity index (χ2n) is 8.93. The molecule has 7 heteroatoms. The maximum absolute atomic E-state index is 13.4. The Hall–Kier alpha value is -2.80. The number of benzene rings is 2. The number of carboxylic acid groups (broad SMARTS) is 1. The smallest absolute Gasteiger partial charge is 0.329 e. The number of ether oxygens (including phenoxy) is 1. The van der Waals surface area contributed by atoms with Gasteiger partial charge in [-0.2, -0.15) is 11.8 Å². The molecular formula is C26H33NO5S. The summed E-state index contributed by atoms with van der Waals surface area (Å²) < 4.78 is 5.52. The standard InChI is InChI=1S/C26H33NO5S/c1-17-8-6-7-9-19(17)21-16-18(11-13-23(28)29)10-12-20(21)24(30)27-22(14-15-33-5)25(31)32-26(2,3)4/h6-10,12,16,22H,11,13-15H2,1-5H3,(H,27,30)(H,28,29). The number of hydrogen-bond donors (Lipinski definition) is 2. The van der Waals surface area contributed by atoms with Crippen molar-refractivity contribution < 1.29 is 24.2 Å². The van der Waals surface area contributed by atoms with Crippen molar-refractivity contribution in [3.63, 3.8) is 0 Å². The fraction of sp³-hybridized carbons (Fsp3) is 0.423. The number of amides is 1. The first-order valence-electron chi connectivity index (χ1n) is 10.9. The van der Waals surface area contributed by atoms with Crippen molar-refractivity contribution in [3.05, 3.63) is 59.2 Å². The summed E-state index contributed by atoms with van der Waals surface area (Å²) in [6.07, 6.45) is 2.77. The van der Waals surface area contributed by atoms with E-state index in [0.717, 1.165) is 16.7 Å². The minimum absolute atomic E-state index is 0.00809. The molecule has 0 radical (unpaired) electrons. The largest absolute Gasteiger partial charge is 0.481 e.